The fraction of sp³-hybridized carbons (Fsp3) is 0.625. The van der Waals surface area contributed by atoms with Gasteiger partial charge in [0, 0.05) is 39.4 Å². The van der Waals surface area contributed by atoms with Crippen LogP contribution in [-0.4, -0.2) is 49.1 Å². The van der Waals surface area contributed by atoms with Crippen LogP contribution < -0.4 is 11.1 Å². The molecule has 5 nitrogen and oxygen atoms in total. The quantitative estimate of drug-likeness (QED) is 0.285. The largest absolute Gasteiger partial charge is 0.503 e. The summed E-state index contributed by atoms with van der Waals surface area (Å²) in [6.07, 6.45) is 1.17. The zero-order chi connectivity index (χ0) is 9.68. The molecule has 0 aromatic rings. The summed E-state index contributed by atoms with van der Waals surface area (Å²) in [6.45, 7) is 3.53. The van der Waals surface area contributed by atoms with Crippen molar-refractivity contribution < 1.29 is 5.11 Å². The zero-order valence-corrected chi connectivity index (χ0v) is 7.82. The lowest BCUT2D eigenvalue weighted by molar-refractivity contribution is 0.337. The first kappa shape index (κ1) is 9.85. The standard InChI is InChI=1S/C8H16N4O/c1-10-8(7(13)6-9)12-4-2-11-3-5-12/h6,11,13H,2-5,9H2,1H3. The molecule has 1 aliphatic heterocycles. The van der Waals surface area contributed by atoms with Crippen LogP contribution in [0.3, 0.4) is 0 Å². The molecule has 0 unspecified atom stereocenters. The molecular weight excluding hydrogens is 168 g/mol. The second-order valence-corrected chi connectivity index (χ2v) is 2.84. The first-order valence-corrected chi connectivity index (χ1v) is 4.33. The normalized spacial score (nSPS) is 20.5. The Kier molecular flexibility index (Phi) is 3.57. The van der Waals surface area contributed by atoms with Crippen LogP contribution in [-0.2, 0) is 0 Å². The number of nitrogens with one attached hydrogen (secondary N) is 1. The van der Waals surface area contributed by atoms with Gasteiger partial charge in [0.15, 0.2) is 11.6 Å². The lowest BCUT2D eigenvalue weighted by Gasteiger charge is -2.29. The van der Waals surface area contributed by atoms with E-state index in [4.69, 9.17) is 5.73 Å². The highest BCUT2D eigenvalue weighted by Gasteiger charge is 2.16. The molecule has 1 rings (SSSR count). The van der Waals surface area contributed by atoms with E-state index < -0.39 is 0 Å². The van der Waals surface area contributed by atoms with Crippen LogP contribution in [0, 0.1) is 0 Å². The van der Waals surface area contributed by atoms with Gasteiger partial charge in [0.05, 0.1) is 0 Å². The van der Waals surface area contributed by atoms with Gasteiger partial charge < -0.3 is 21.1 Å². The highest BCUT2D eigenvalue weighted by molar-refractivity contribution is 5.96. The number of aliphatic hydroxyl groups excluding tert-OH is 1. The first-order valence-electron chi connectivity index (χ1n) is 4.33. The fourth-order valence-corrected chi connectivity index (χ4v) is 1.37. The predicted octanol–water partition coefficient (Wildman–Crippen LogP) is -0.722. The highest BCUT2D eigenvalue weighted by Crippen LogP contribution is 2.01. The molecule has 1 heterocycles. The Morgan fingerprint density at radius 1 is 1.54 bits per heavy atom. The lowest BCUT2D eigenvalue weighted by Crippen LogP contribution is -2.47. The third-order valence-electron chi connectivity index (χ3n) is 2.02. The molecule has 0 amide bonds. The van der Waals surface area contributed by atoms with Gasteiger partial charge in [0.25, 0.3) is 0 Å². The summed E-state index contributed by atoms with van der Waals surface area (Å²) < 4.78 is 0. The Balaban J connectivity index is 2.66. The maximum atomic E-state index is 9.41. The van der Waals surface area contributed by atoms with Crippen molar-refractivity contribution >= 4 is 5.84 Å². The maximum Gasteiger partial charge on any atom is 0.173 e. The fourth-order valence-electron chi connectivity index (χ4n) is 1.37. The van der Waals surface area contributed by atoms with Gasteiger partial charge in [-0.1, -0.05) is 0 Å². The second kappa shape index (κ2) is 4.71. The van der Waals surface area contributed by atoms with Gasteiger partial charge in [-0.3, -0.25) is 4.99 Å². The van der Waals surface area contributed by atoms with Gasteiger partial charge >= 0.3 is 0 Å². The molecule has 5 heteroatoms. The minimum Gasteiger partial charge on any atom is -0.503 e. The van der Waals surface area contributed by atoms with Crippen molar-refractivity contribution in [3.05, 3.63) is 12.0 Å². The lowest BCUT2D eigenvalue weighted by atomic mass is 10.3. The summed E-state index contributed by atoms with van der Waals surface area (Å²) >= 11 is 0. The predicted molar refractivity (Wildman–Crippen MR) is 52.7 cm³/mol. The van der Waals surface area contributed by atoms with E-state index in [0.717, 1.165) is 26.2 Å². The van der Waals surface area contributed by atoms with Gasteiger partial charge in [-0.15, -0.1) is 0 Å². The van der Waals surface area contributed by atoms with Crippen LogP contribution >= 0.6 is 0 Å². The van der Waals surface area contributed by atoms with Crippen molar-refractivity contribution in [1.29, 1.82) is 0 Å². The number of hydrogen-bond donors (Lipinski definition) is 3. The smallest absolute Gasteiger partial charge is 0.173 e. The van der Waals surface area contributed by atoms with Crippen LogP contribution in [0.1, 0.15) is 0 Å². The highest BCUT2D eigenvalue weighted by atomic mass is 16.3. The van der Waals surface area contributed by atoms with Gasteiger partial charge in [0.2, 0.25) is 0 Å². The van der Waals surface area contributed by atoms with Crippen molar-refractivity contribution in [2.75, 3.05) is 33.2 Å². The molecule has 1 aliphatic rings. The Hall–Kier alpha value is -1.23. The van der Waals surface area contributed by atoms with E-state index in [0.29, 0.717) is 5.84 Å². The summed E-state index contributed by atoms with van der Waals surface area (Å²) in [4.78, 5) is 6.01. The summed E-state index contributed by atoms with van der Waals surface area (Å²) in [6, 6.07) is 0. The van der Waals surface area contributed by atoms with Crippen LogP contribution in [0.4, 0.5) is 0 Å². The van der Waals surface area contributed by atoms with Crippen molar-refractivity contribution in [2.45, 2.75) is 0 Å². The summed E-state index contributed by atoms with van der Waals surface area (Å²) in [7, 11) is 1.65. The monoisotopic (exact) mass is 184 g/mol. The molecule has 0 saturated carbocycles. The first-order chi connectivity index (χ1) is 6.29. The molecular formula is C8H16N4O. The van der Waals surface area contributed by atoms with Crippen LogP contribution in [0.25, 0.3) is 0 Å². The molecule has 0 bridgehead atoms. The number of nitrogens with two attached hydrogens (primary N) is 1. The molecule has 0 radical (unpaired) electrons. The molecule has 1 fully saturated rings. The summed E-state index contributed by atoms with van der Waals surface area (Å²) in [5.74, 6) is 0.619. The molecule has 0 atom stereocenters. The molecule has 1 saturated heterocycles. The Morgan fingerprint density at radius 2 is 2.15 bits per heavy atom. The Labute approximate surface area is 77.9 Å². The van der Waals surface area contributed by atoms with E-state index in [-0.39, 0.29) is 5.76 Å². The average Bonchev–Trinajstić information content (AvgIpc) is 2.20. The number of aliphatic hydroxyl groups is 1. The van der Waals surface area contributed by atoms with Gasteiger partial charge in [-0.2, -0.15) is 0 Å². The van der Waals surface area contributed by atoms with E-state index in [9.17, 15) is 5.11 Å². The molecule has 0 aliphatic carbocycles. The Bertz CT molecular complexity index is 218. The van der Waals surface area contributed by atoms with Crippen molar-refractivity contribution in [3.8, 4) is 0 Å². The number of amidine groups is 1. The molecule has 74 valence electrons. The van der Waals surface area contributed by atoms with Gasteiger partial charge in [0.1, 0.15) is 0 Å². The van der Waals surface area contributed by atoms with Crippen molar-refractivity contribution in [3.63, 3.8) is 0 Å². The number of rotatable bonds is 1. The minimum absolute atomic E-state index is 0.0457. The van der Waals surface area contributed by atoms with Crippen LogP contribution in [0.2, 0.25) is 0 Å². The van der Waals surface area contributed by atoms with Gasteiger partial charge in [-0.05, 0) is 0 Å². The van der Waals surface area contributed by atoms with E-state index in [1.54, 1.807) is 7.05 Å². The van der Waals surface area contributed by atoms with Gasteiger partial charge in [-0.25, -0.2) is 0 Å². The number of nitrogens with zero attached hydrogens (tertiary/aromatic N) is 2. The number of hydrogen-bond acceptors (Lipinski definition) is 4. The van der Waals surface area contributed by atoms with Crippen LogP contribution in [0.5, 0.6) is 0 Å². The molecule has 0 aromatic heterocycles. The number of piperazine rings is 1. The summed E-state index contributed by atoms with van der Waals surface area (Å²) in [5, 5.41) is 12.6. The van der Waals surface area contributed by atoms with E-state index in [1.165, 1.54) is 6.20 Å². The SMILES string of the molecule is CN=C(C(O)=CN)N1CCNCC1. The second-order valence-electron chi connectivity index (χ2n) is 2.84. The van der Waals surface area contributed by atoms with Crippen molar-refractivity contribution in [2.24, 2.45) is 10.7 Å². The average molecular weight is 184 g/mol. The van der Waals surface area contributed by atoms with E-state index in [1.807, 2.05) is 4.90 Å². The maximum absolute atomic E-state index is 9.41. The molecule has 4 N–H and O–H groups in total. The third kappa shape index (κ3) is 2.35. The van der Waals surface area contributed by atoms with Crippen molar-refractivity contribution in [1.82, 2.24) is 10.2 Å². The minimum atomic E-state index is 0.0457. The summed E-state index contributed by atoms with van der Waals surface area (Å²) in [5.41, 5.74) is 5.22. The Morgan fingerprint density at radius 3 is 2.62 bits per heavy atom. The molecule has 0 spiro atoms. The van der Waals surface area contributed by atoms with E-state index in [2.05, 4.69) is 10.3 Å². The molecule has 13 heavy (non-hydrogen) atoms. The van der Waals surface area contributed by atoms with E-state index >= 15 is 0 Å². The topological polar surface area (TPSA) is 73.9 Å². The number of aliphatic imine (C=N–C) groups is 1. The van der Waals surface area contributed by atoms with Crippen LogP contribution in [0.15, 0.2) is 17.0 Å². The zero-order valence-electron chi connectivity index (χ0n) is 7.82. The third-order valence-corrected chi connectivity index (χ3v) is 2.02. The molecule has 0 aromatic carbocycles.